The molecule has 0 fully saturated rings. The smallest absolute Gasteiger partial charge is 0.323 e. The molecule has 0 aliphatic rings. The normalized spacial score (nSPS) is 10.4. The molecule has 10 heteroatoms. The molecule has 4 aromatic rings. The van der Waals surface area contributed by atoms with Crippen molar-refractivity contribution in [2.24, 2.45) is 7.05 Å². The molecule has 3 aromatic heterocycles. The van der Waals surface area contributed by atoms with Gasteiger partial charge in [0.25, 0.3) is 11.5 Å². The molecular formula is C24H24N6O4. The molecule has 3 heterocycles. The first-order valence-electron chi connectivity index (χ1n) is 10.6. The standard InChI is InChI=1S/C22H18N6O4.C2H6/c1-12-26-17-10-24-20-15(19(17)27(12)2)7-16(22(32)28(20)11-18(29)30)21(31)25-9-14-5-3-13(8-23)4-6-14;1-2/h3-7,10H,9,11H2,1-2H3,(H,25,31)(H,29,30);1-2H3. The van der Waals surface area contributed by atoms with E-state index in [-0.39, 0.29) is 17.8 Å². The van der Waals surface area contributed by atoms with Crippen molar-refractivity contribution in [1.29, 1.82) is 5.26 Å². The van der Waals surface area contributed by atoms with Crippen molar-refractivity contribution in [2.45, 2.75) is 33.9 Å². The van der Waals surface area contributed by atoms with Crippen LogP contribution in [-0.4, -0.2) is 36.1 Å². The van der Waals surface area contributed by atoms with Gasteiger partial charge in [-0.3, -0.25) is 19.0 Å². The van der Waals surface area contributed by atoms with Crippen LogP contribution in [0.1, 0.15) is 41.2 Å². The van der Waals surface area contributed by atoms with Crippen LogP contribution in [0.15, 0.2) is 41.3 Å². The van der Waals surface area contributed by atoms with Gasteiger partial charge < -0.3 is 15.0 Å². The maximum absolute atomic E-state index is 13.0. The van der Waals surface area contributed by atoms with Crippen molar-refractivity contribution in [3.8, 4) is 6.07 Å². The summed E-state index contributed by atoms with van der Waals surface area (Å²) in [4.78, 5) is 46.0. The van der Waals surface area contributed by atoms with E-state index in [4.69, 9.17) is 5.26 Å². The summed E-state index contributed by atoms with van der Waals surface area (Å²) in [6, 6.07) is 10.1. The molecule has 4 rings (SSSR count). The number of imidazole rings is 1. The minimum atomic E-state index is -1.23. The van der Waals surface area contributed by atoms with Crippen molar-refractivity contribution in [3.63, 3.8) is 0 Å². The van der Waals surface area contributed by atoms with Crippen molar-refractivity contribution >= 4 is 33.9 Å². The summed E-state index contributed by atoms with van der Waals surface area (Å²) in [6.45, 7) is 5.31. The fraction of sp³-hybridized carbons (Fsp3) is 0.250. The van der Waals surface area contributed by atoms with Crippen LogP contribution >= 0.6 is 0 Å². The monoisotopic (exact) mass is 460 g/mol. The van der Waals surface area contributed by atoms with Crippen LogP contribution in [0.25, 0.3) is 22.1 Å². The Hall–Kier alpha value is -4.52. The van der Waals surface area contributed by atoms with Gasteiger partial charge in [-0.2, -0.15) is 5.26 Å². The van der Waals surface area contributed by atoms with E-state index < -0.39 is 24.0 Å². The lowest BCUT2D eigenvalue weighted by molar-refractivity contribution is -0.137. The van der Waals surface area contributed by atoms with Crippen molar-refractivity contribution < 1.29 is 14.7 Å². The van der Waals surface area contributed by atoms with Gasteiger partial charge in [-0.25, -0.2) is 9.97 Å². The molecule has 0 unspecified atom stereocenters. The average Bonchev–Trinajstić information content (AvgIpc) is 3.14. The Morgan fingerprint density at radius 1 is 1.21 bits per heavy atom. The van der Waals surface area contributed by atoms with E-state index in [9.17, 15) is 19.5 Å². The number of aryl methyl sites for hydroxylation is 2. The molecule has 0 saturated heterocycles. The number of nitrogens with one attached hydrogen (secondary N) is 1. The van der Waals surface area contributed by atoms with E-state index in [0.29, 0.717) is 27.8 Å². The van der Waals surface area contributed by atoms with Gasteiger partial charge >= 0.3 is 5.97 Å². The Balaban J connectivity index is 0.00000158. The van der Waals surface area contributed by atoms with Crippen LogP contribution in [0, 0.1) is 18.3 Å². The molecule has 0 spiro atoms. The van der Waals surface area contributed by atoms with E-state index in [1.807, 2.05) is 26.8 Å². The Morgan fingerprint density at radius 3 is 2.50 bits per heavy atom. The number of hydrogen-bond acceptors (Lipinski definition) is 6. The van der Waals surface area contributed by atoms with Crippen LogP contribution < -0.4 is 10.9 Å². The summed E-state index contributed by atoms with van der Waals surface area (Å²) in [5.41, 5.74) is 1.68. The Morgan fingerprint density at radius 2 is 1.88 bits per heavy atom. The first-order valence-corrected chi connectivity index (χ1v) is 10.6. The highest BCUT2D eigenvalue weighted by Gasteiger charge is 2.21. The fourth-order valence-corrected chi connectivity index (χ4v) is 3.56. The second-order valence-corrected chi connectivity index (χ2v) is 7.28. The van der Waals surface area contributed by atoms with Gasteiger partial charge in [-0.1, -0.05) is 26.0 Å². The predicted octanol–water partition coefficient (Wildman–Crippen LogP) is 2.50. The average molecular weight is 460 g/mol. The molecule has 0 atom stereocenters. The van der Waals surface area contributed by atoms with Gasteiger partial charge in [-0.05, 0) is 30.7 Å². The van der Waals surface area contributed by atoms with Crippen LogP contribution in [0.5, 0.6) is 0 Å². The van der Waals surface area contributed by atoms with E-state index in [0.717, 1.165) is 10.1 Å². The number of pyridine rings is 2. The topological polar surface area (TPSA) is 143 Å². The first kappa shape index (κ1) is 24.1. The third kappa shape index (κ3) is 4.49. The lowest BCUT2D eigenvalue weighted by Crippen LogP contribution is -2.34. The van der Waals surface area contributed by atoms with Gasteiger partial charge in [0.1, 0.15) is 29.1 Å². The van der Waals surface area contributed by atoms with Crippen molar-refractivity contribution in [2.75, 3.05) is 0 Å². The van der Waals surface area contributed by atoms with E-state index >= 15 is 0 Å². The molecule has 0 aliphatic carbocycles. The number of nitriles is 1. The molecule has 0 bridgehead atoms. The number of aliphatic carboxylic acids is 1. The molecule has 0 radical (unpaired) electrons. The van der Waals surface area contributed by atoms with Crippen LogP contribution in [0.4, 0.5) is 0 Å². The number of aromatic nitrogens is 4. The number of carbonyl (C=O) groups excluding carboxylic acids is 1. The number of carbonyl (C=O) groups is 2. The van der Waals surface area contributed by atoms with E-state index in [2.05, 4.69) is 15.3 Å². The Kier molecular flexibility index (Phi) is 7.06. The lowest BCUT2D eigenvalue weighted by Gasteiger charge is -2.12. The van der Waals surface area contributed by atoms with Crippen LogP contribution in [-0.2, 0) is 24.9 Å². The van der Waals surface area contributed by atoms with Gasteiger partial charge in [0.2, 0.25) is 0 Å². The maximum atomic E-state index is 13.0. The van der Waals surface area contributed by atoms with Crippen LogP contribution in [0.3, 0.4) is 0 Å². The largest absolute Gasteiger partial charge is 0.480 e. The SMILES string of the molecule is CC.Cc1nc2cnc3c(cc(C(=O)NCc4ccc(C#N)cc4)c(=O)n3CC(=O)O)c2n1C. The zero-order valence-electron chi connectivity index (χ0n) is 19.3. The molecule has 2 N–H and O–H groups in total. The third-order valence-electron chi connectivity index (χ3n) is 5.24. The summed E-state index contributed by atoms with van der Waals surface area (Å²) >= 11 is 0. The number of amides is 1. The third-order valence-corrected chi connectivity index (χ3v) is 5.24. The van der Waals surface area contributed by atoms with Gasteiger partial charge in [0.15, 0.2) is 0 Å². The number of hydrogen-bond donors (Lipinski definition) is 2. The van der Waals surface area contributed by atoms with Gasteiger partial charge in [0, 0.05) is 19.0 Å². The summed E-state index contributed by atoms with van der Waals surface area (Å²) < 4.78 is 2.78. The summed E-state index contributed by atoms with van der Waals surface area (Å²) in [7, 11) is 1.79. The second kappa shape index (κ2) is 9.95. The summed E-state index contributed by atoms with van der Waals surface area (Å²) in [5, 5.41) is 21.3. The van der Waals surface area contributed by atoms with E-state index in [1.165, 1.54) is 12.3 Å². The molecule has 1 aromatic carbocycles. The highest BCUT2D eigenvalue weighted by atomic mass is 16.4. The zero-order valence-corrected chi connectivity index (χ0v) is 19.3. The predicted molar refractivity (Wildman–Crippen MR) is 126 cm³/mol. The molecule has 0 aliphatic heterocycles. The lowest BCUT2D eigenvalue weighted by atomic mass is 10.1. The second-order valence-electron chi connectivity index (χ2n) is 7.28. The number of rotatable bonds is 5. The molecular weight excluding hydrogens is 436 g/mol. The Bertz CT molecular complexity index is 1490. The number of carboxylic acid groups (broad SMARTS) is 1. The number of benzene rings is 1. The molecule has 1 amide bonds. The van der Waals surface area contributed by atoms with Crippen molar-refractivity contribution in [3.05, 3.63) is 69.4 Å². The quantitative estimate of drug-likeness (QED) is 0.466. The van der Waals surface area contributed by atoms with Gasteiger partial charge in [0.05, 0.1) is 23.3 Å². The number of nitrogens with zero attached hydrogens (tertiary/aromatic N) is 5. The molecule has 174 valence electrons. The number of carboxylic acids is 1. The first-order chi connectivity index (χ1) is 16.3. The van der Waals surface area contributed by atoms with Gasteiger partial charge in [-0.15, -0.1) is 0 Å². The highest BCUT2D eigenvalue weighted by Crippen LogP contribution is 2.24. The zero-order chi connectivity index (χ0) is 25.0. The minimum absolute atomic E-state index is 0.133. The molecule has 0 saturated carbocycles. The minimum Gasteiger partial charge on any atom is -0.480 e. The highest BCUT2D eigenvalue weighted by molar-refractivity contribution is 6.05. The number of fused-ring (bicyclic) bond motifs is 3. The van der Waals surface area contributed by atoms with Crippen molar-refractivity contribution in [1.82, 2.24) is 24.4 Å². The summed E-state index contributed by atoms with van der Waals surface area (Å²) in [6.07, 6.45) is 1.48. The van der Waals surface area contributed by atoms with Crippen LogP contribution in [0.2, 0.25) is 0 Å². The molecule has 10 nitrogen and oxygen atoms in total. The molecule has 34 heavy (non-hydrogen) atoms. The fourth-order valence-electron chi connectivity index (χ4n) is 3.56. The maximum Gasteiger partial charge on any atom is 0.323 e. The summed E-state index contributed by atoms with van der Waals surface area (Å²) in [5.74, 6) is -1.17. The Labute approximate surface area is 195 Å². The van der Waals surface area contributed by atoms with E-state index in [1.54, 1.807) is 35.9 Å².